The van der Waals surface area contributed by atoms with Gasteiger partial charge in [0, 0.05) is 20.2 Å². The monoisotopic (exact) mass is 598 g/mol. The molecule has 7 heteroatoms. The molecule has 0 spiro atoms. The summed E-state index contributed by atoms with van der Waals surface area (Å²) >= 11 is 1.76. The third kappa shape index (κ3) is 5.04. The molecule has 0 atom stereocenters. The second-order valence-corrected chi connectivity index (χ2v) is 11.5. The van der Waals surface area contributed by atoms with Crippen molar-refractivity contribution in [2.75, 3.05) is 0 Å². The fourth-order valence-corrected chi connectivity index (χ4v) is 6.78. The van der Waals surface area contributed by atoms with Crippen LogP contribution in [-0.2, 0) is 12.4 Å². The summed E-state index contributed by atoms with van der Waals surface area (Å²) in [5, 5.41) is 3.98. The molecule has 0 fully saturated rings. The van der Waals surface area contributed by atoms with Crippen LogP contribution in [0.3, 0.4) is 0 Å². The van der Waals surface area contributed by atoms with E-state index in [9.17, 15) is 26.3 Å². The summed E-state index contributed by atoms with van der Waals surface area (Å²) in [6.45, 7) is 0. The first-order valence-corrected chi connectivity index (χ1v) is 14.2. The predicted octanol–water partition coefficient (Wildman–Crippen LogP) is 12.2. The molecule has 212 valence electrons. The molecule has 1 heterocycles. The summed E-state index contributed by atoms with van der Waals surface area (Å²) < 4.78 is 83.1. The molecule has 0 saturated heterocycles. The van der Waals surface area contributed by atoms with Crippen molar-refractivity contribution in [2.24, 2.45) is 0 Å². The number of hydrogen-bond acceptors (Lipinski definition) is 1. The number of halogens is 6. The third-order valence-electron chi connectivity index (χ3n) is 7.69. The number of rotatable bonds is 3. The Morgan fingerprint density at radius 2 is 0.977 bits per heavy atom. The molecule has 1 aromatic heterocycles. The van der Waals surface area contributed by atoms with Crippen LogP contribution >= 0.6 is 11.3 Å². The molecule has 0 bridgehead atoms. The van der Waals surface area contributed by atoms with E-state index in [1.165, 1.54) is 20.2 Å². The first-order chi connectivity index (χ1) is 20.5. The van der Waals surface area contributed by atoms with Gasteiger partial charge >= 0.3 is 12.4 Å². The third-order valence-corrected chi connectivity index (χ3v) is 8.91. The highest BCUT2D eigenvalue weighted by Gasteiger charge is 2.37. The van der Waals surface area contributed by atoms with Gasteiger partial charge in [0.05, 0.1) is 11.1 Å². The molecule has 7 aromatic rings. The van der Waals surface area contributed by atoms with Crippen LogP contribution in [0.1, 0.15) is 11.1 Å². The Morgan fingerprint density at radius 3 is 1.63 bits per heavy atom. The highest BCUT2D eigenvalue weighted by molar-refractivity contribution is 7.26. The van der Waals surface area contributed by atoms with Gasteiger partial charge < -0.3 is 0 Å². The van der Waals surface area contributed by atoms with Crippen molar-refractivity contribution in [1.29, 1.82) is 0 Å². The number of thiophene rings is 1. The standard InChI is InChI=1S/C36H20F6S/c37-35(38,39)28-18-27(19-29(20-28)36(40,41)42)25-15-11-22-10-14-24(16-26(22)17-25)21-8-12-23(13-9-21)30-5-3-6-32-31-4-1-2-7-33(31)43-34(30)32/h1-20H. The molecule has 0 nitrogen and oxygen atoms in total. The van der Waals surface area contributed by atoms with Gasteiger partial charge in [-0.2, -0.15) is 26.3 Å². The van der Waals surface area contributed by atoms with Gasteiger partial charge in [-0.05, 0) is 80.6 Å². The summed E-state index contributed by atoms with van der Waals surface area (Å²) in [6.07, 6.45) is -9.82. The van der Waals surface area contributed by atoms with E-state index in [1.54, 1.807) is 29.5 Å². The number of alkyl halides is 6. The molecule has 0 N–H and O–H groups in total. The quantitative estimate of drug-likeness (QED) is 0.178. The van der Waals surface area contributed by atoms with Gasteiger partial charge in [-0.3, -0.25) is 0 Å². The van der Waals surface area contributed by atoms with Crippen LogP contribution in [0.4, 0.5) is 26.3 Å². The van der Waals surface area contributed by atoms with E-state index in [1.807, 2.05) is 42.5 Å². The Morgan fingerprint density at radius 1 is 0.419 bits per heavy atom. The zero-order valence-electron chi connectivity index (χ0n) is 22.2. The maximum Gasteiger partial charge on any atom is 0.416 e. The highest BCUT2D eigenvalue weighted by Crippen LogP contribution is 2.41. The molecule has 6 aromatic carbocycles. The molecule has 0 aliphatic carbocycles. The zero-order chi connectivity index (χ0) is 29.9. The normalized spacial score (nSPS) is 12.4. The maximum absolute atomic E-state index is 13.4. The van der Waals surface area contributed by atoms with E-state index in [2.05, 4.69) is 42.5 Å². The van der Waals surface area contributed by atoms with Gasteiger partial charge in [0.25, 0.3) is 0 Å². The fourth-order valence-electron chi connectivity index (χ4n) is 5.54. The van der Waals surface area contributed by atoms with Crippen molar-refractivity contribution in [3.8, 4) is 33.4 Å². The van der Waals surface area contributed by atoms with Crippen LogP contribution in [0.5, 0.6) is 0 Å². The minimum atomic E-state index is -4.91. The van der Waals surface area contributed by atoms with E-state index in [4.69, 9.17) is 0 Å². The zero-order valence-corrected chi connectivity index (χ0v) is 23.0. The second-order valence-electron chi connectivity index (χ2n) is 10.4. The van der Waals surface area contributed by atoms with E-state index in [0.717, 1.165) is 39.8 Å². The number of benzene rings is 6. The Bertz CT molecular complexity index is 2120. The predicted molar refractivity (Wildman–Crippen MR) is 163 cm³/mol. The molecule has 43 heavy (non-hydrogen) atoms. The Kier molecular flexibility index (Phi) is 6.32. The molecular weight excluding hydrogens is 578 g/mol. The summed E-state index contributed by atoms with van der Waals surface area (Å²) in [5.74, 6) is 0. The minimum Gasteiger partial charge on any atom is -0.166 e. The van der Waals surface area contributed by atoms with Gasteiger partial charge in [-0.1, -0.05) is 84.9 Å². The van der Waals surface area contributed by atoms with Crippen molar-refractivity contribution in [2.45, 2.75) is 12.4 Å². The molecule has 0 aliphatic heterocycles. The Hall–Kier alpha value is -4.62. The van der Waals surface area contributed by atoms with E-state index >= 15 is 0 Å². The van der Waals surface area contributed by atoms with E-state index < -0.39 is 23.5 Å². The number of fused-ring (bicyclic) bond motifs is 4. The highest BCUT2D eigenvalue weighted by atomic mass is 32.1. The second kappa shape index (κ2) is 9.99. The maximum atomic E-state index is 13.4. The van der Waals surface area contributed by atoms with Gasteiger partial charge in [0.15, 0.2) is 0 Å². The topological polar surface area (TPSA) is 0 Å². The van der Waals surface area contributed by atoms with Crippen LogP contribution in [0.15, 0.2) is 121 Å². The van der Waals surface area contributed by atoms with Gasteiger partial charge in [-0.15, -0.1) is 11.3 Å². The van der Waals surface area contributed by atoms with Gasteiger partial charge in [-0.25, -0.2) is 0 Å². The summed E-state index contributed by atoms with van der Waals surface area (Å²) in [4.78, 5) is 0. The van der Waals surface area contributed by atoms with Gasteiger partial charge in [0.2, 0.25) is 0 Å². The minimum absolute atomic E-state index is 0.144. The summed E-state index contributed by atoms with van der Waals surface area (Å²) in [7, 11) is 0. The molecule has 0 saturated carbocycles. The van der Waals surface area contributed by atoms with E-state index in [-0.39, 0.29) is 17.2 Å². The lowest BCUT2D eigenvalue weighted by Crippen LogP contribution is -2.11. The summed E-state index contributed by atoms with van der Waals surface area (Å²) in [5.41, 5.74) is 1.51. The molecule has 0 radical (unpaired) electrons. The SMILES string of the molecule is FC(F)(F)c1cc(-c2ccc3ccc(-c4ccc(-c5cccc6c5sc5ccccc56)cc4)cc3c2)cc(C(F)(F)F)c1. The van der Waals surface area contributed by atoms with Crippen molar-refractivity contribution in [3.63, 3.8) is 0 Å². The average Bonchev–Trinajstić information content (AvgIpc) is 3.38. The van der Waals surface area contributed by atoms with Crippen LogP contribution in [0.2, 0.25) is 0 Å². The molecule has 7 rings (SSSR count). The van der Waals surface area contributed by atoms with E-state index in [0.29, 0.717) is 5.39 Å². The summed E-state index contributed by atoms with van der Waals surface area (Å²) in [6, 6.07) is 35.1. The van der Waals surface area contributed by atoms with Crippen LogP contribution in [-0.4, -0.2) is 0 Å². The first-order valence-electron chi connectivity index (χ1n) is 13.4. The van der Waals surface area contributed by atoms with Crippen molar-refractivity contribution < 1.29 is 26.3 Å². The Labute approximate surface area is 246 Å². The lowest BCUT2D eigenvalue weighted by Gasteiger charge is -2.15. The lowest BCUT2D eigenvalue weighted by molar-refractivity contribution is -0.143. The molecular formula is C36H20F6S. The van der Waals surface area contributed by atoms with Crippen molar-refractivity contribution in [3.05, 3.63) is 132 Å². The fraction of sp³-hybridized carbons (Fsp3) is 0.0556. The lowest BCUT2D eigenvalue weighted by atomic mass is 9.94. The first kappa shape index (κ1) is 27.2. The van der Waals surface area contributed by atoms with Crippen molar-refractivity contribution >= 4 is 42.3 Å². The average molecular weight is 599 g/mol. The van der Waals surface area contributed by atoms with Crippen molar-refractivity contribution in [1.82, 2.24) is 0 Å². The van der Waals surface area contributed by atoms with Gasteiger partial charge in [0.1, 0.15) is 0 Å². The Balaban J connectivity index is 1.26. The largest absolute Gasteiger partial charge is 0.416 e. The van der Waals surface area contributed by atoms with Crippen LogP contribution in [0.25, 0.3) is 64.3 Å². The molecule has 0 aliphatic rings. The smallest absolute Gasteiger partial charge is 0.166 e. The van der Waals surface area contributed by atoms with Crippen LogP contribution < -0.4 is 0 Å². The molecule has 0 unspecified atom stereocenters. The number of hydrogen-bond donors (Lipinski definition) is 0. The van der Waals surface area contributed by atoms with Crippen LogP contribution in [0, 0.1) is 0 Å². The molecule has 0 amide bonds.